The van der Waals surface area contributed by atoms with Gasteiger partial charge in [-0.05, 0) is 42.2 Å². The quantitative estimate of drug-likeness (QED) is 0.862. The zero-order valence-electron chi connectivity index (χ0n) is 14.5. The van der Waals surface area contributed by atoms with Crippen molar-refractivity contribution in [2.24, 2.45) is 0 Å². The summed E-state index contributed by atoms with van der Waals surface area (Å²) in [7, 11) is 0. The van der Waals surface area contributed by atoms with Crippen LogP contribution in [-0.4, -0.2) is 30.9 Å². The standard InChI is InChI=1S/C19H22N4O3/c24-19(21-10-14-3-5-16-17(9-14)26-13-25-16)22-12-15-4-6-18(20-11-15)23-7-1-2-8-23/h3-6,9,11H,1-2,7-8,10,12-13H2,(H2,21,22,24). The number of hydrogen-bond donors (Lipinski definition) is 2. The van der Waals surface area contributed by atoms with Gasteiger partial charge in [0, 0.05) is 32.4 Å². The highest BCUT2D eigenvalue weighted by Gasteiger charge is 2.14. The van der Waals surface area contributed by atoms with Crippen LogP contribution in [0.5, 0.6) is 11.5 Å². The van der Waals surface area contributed by atoms with E-state index in [1.165, 1.54) is 12.8 Å². The molecule has 1 aromatic heterocycles. The van der Waals surface area contributed by atoms with Gasteiger partial charge in [0.1, 0.15) is 5.82 Å². The number of carbonyl (C=O) groups is 1. The molecule has 2 N–H and O–H groups in total. The smallest absolute Gasteiger partial charge is 0.315 e. The highest BCUT2D eigenvalue weighted by atomic mass is 16.7. The second-order valence-corrected chi connectivity index (χ2v) is 6.44. The van der Waals surface area contributed by atoms with E-state index in [0.717, 1.165) is 35.8 Å². The van der Waals surface area contributed by atoms with E-state index in [4.69, 9.17) is 9.47 Å². The Bertz CT molecular complexity index is 773. The summed E-state index contributed by atoms with van der Waals surface area (Å²) in [4.78, 5) is 18.8. The summed E-state index contributed by atoms with van der Waals surface area (Å²) in [6.45, 7) is 3.27. The number of ether oxygens (including phenoxy) is 2. The Morgan fingerprint density at radius 3 is 2.50 bits per heavy atom. The molecule has 0 unspecified atom stereocenters. The fraction of sp³-hybridized carbons (Fsp3) is 0.368. The number of urea groups is 1. The van der Waals surface area contributed by atoms with Crippen LogP contribution in [0, 0.1) is 0 Å². The van der Waals surface area contributed by atoms with E-state index in [0.29, 0.717) is 18.8 Å². The molecular weight excluding hydrogens is 332 g/mol. The lowest BCUT2D eigenvalue weighted by atomic mass is 10.2. The van der Waals surface area contributed by atoms with Gasteiger partial charge < -0.3 is 25.0 Å². The maximum absolute atomic E-state index is 12.0. The number of nitrogens with one attached hydrogen (secondary N) is 2. The lowest BCUT2D eigenvalue weighted by Crippen LogP contribution is -2.34. The Morgan fingerprint density at radius 2 is 1.73 bits per heavy atom. The zero-order valence-corrected chi connectivity index (χ0v) is 14.5. The molecule has 2 aromatic rings. The van der Waals surface area contributed by atoms with Gasteiger partial charge in [0.2, 0.25) is 6.79 Å². The van der Waals surface area contributed by atoms with Crippen molar-refractivity contribution in [3.63, 3.8) is 0 Å². The molecule has 2 aliphatic heterocycles. The molecule has 0 aliphatic carbocycles. The maximum atomic E-state index is 12.0. The van der Waals surface area contributed by atoms with Crippen LogP contribution in [0.25, 0.3) is 0 Å². The Labute approximate surface area is 152 Å². The number of rotatable bonds is 5. The molecule has 26 heavy (non-hydrogen) atoms. The van der Waals surface area contributed by atoms with Crippen molar-refractivity contribution in [2.45, 2.75) is 25.9 Å². The molecule has 7 nitrogen and oxygen atoms in total. The van der Waals surface area contributed by atoms with Crippen LogP contribution in [0.2, 0.25) is 0 Å². The van der Waals surface area contributed by atoms with Gasteiger partial charge in [-0.2, -0.15) is 0 Å². The van der Waals surface area contributed by atoms with E-state index in [1.54, 1.807) is 0 Å². The van der Waals surface area contributed by atoms with E-state index in [9.17, 15) is 4.79 Å². The molecule has 2 aliphatic rings. The molecule has 3 heterocycles. The molecular formula is C19H22N4O3. The minimum Gasteiger partial charge on any atom is -0.454 e. The van der Waals surface area contributed by atoms with Crippen molar-refractivity contribution in [1.29, 1.82) is 0 Å². The number of benzene rings is 1. The first kappa shape index (κ1) is 16.5. The predicted octanol–water partition coefficient (Wildman–Crippen LogP) is 2.41. The molecule has 1 aromatic carbocycles. The summed E-state index contributed by atoms with van der Waals surface area (Å²) in [5, 5.41) is 5.69. The second-order valence-electron chi connectivity index (χ2n) is 6.44. The first-order valence-corrected chi connectivity index (χ1v) is 8.88. The second kappa shape index (κ2) is 7.51. The first-order valence-electron chi connectivity index (χ1n) is 8.88. The summed E-state index contributed by atoms with van der Waals surface area (Å²) in [5.74, 6) is 2.47. The van der Waals surface area contributed by atoms with Crippen LogP contribution >= 0.6 is 0 Å². The van der Waals surface area contributed by atoms with Gasteiger partial charge in [-0.25, -0.2) is 9.78 Å². The van der Waals surface area contributed by atoms with Crippen molar-refractivity contribution >= 4 is 11.8 Å². The lowest BCUT2D eigenvalue weighted by molar-refractivity contribution is 0.174. The summed E-state index contributed by atoms with van der Waals surface area (Å²) < 4.78 is 10.6. The van der Waals surface area contributed by atoms with Gasteiger partial charge in [0.15, 0.2) is 11.5 Å². The summed E-state index contributed by atoms with van der Waals surface area (Å²) in [5.41, 5.74) is 1.94. The van der Waals surface area contributed by atoms with Gasteiger partial charge in [0.25, 0.3) is 0 Å². The topological polar surface area (TPSA) is 75.7 Å². The number of pyridine rings is 1. The van der Waals surface area contributed by atoms with Gasteiger partial charge in [-0.1, -0.05) is 12.1 Å². The minimum atomic E-state index is -0.216. The molecule has 1 fully saturated rings. The Morgan fingerprint density at radius 1 is 1.00 bits per heavy atom. The number of fused-ring (bicyclic) bond motifs is 1. The largest absolute Gasteiger partial charge is 0.454 e. The SMILES string of the molecule is O=C(NCc1ccc(N2CCCC2)nc1)NCc1ccc2c(c1)OCO2. The molecule has 0 atom stereocenters. The Hall–Kier alpha value is -2.96. The maximum Gasteiger partial charge on any atom is 0.315 e. The van der Waals surface area contributed by atoms with Crippen LogP contribution in [0.1, 0.15) is 24.0 Å². The van der Waals surface area contributed by atoms with Crippen LogP contribution in [0.3, 0.4) is 0 Å². The minimum absolute atomic E-state index is 0.216. The molecule has 136 valence electrons. The highest BCUT2D eigenvalue weighted by Crippen LogP contribution is 2.32. The van der Waals surface area contributed by atoms with Crippen LogP contribution < -0.4 is 25.0 Å². The summed E-state index contributed by atoms with van der Waals surface area (Å²) >= 11 is 0. The number of hydrogen-bond acceptors (Lipinski definition) is 5. The fourth-order valence-electron chi connectivity index (χ4n) is 3.13. The number of carbonyl (C=O) groups excluding carboxylic acids is 1. The molecule has 0 bridgehead atoms. The Balaban J connectivity index is 1.23. The average Bonchev–Trinajstić information content (AvgIpc) is 3.36. The van der Waals surface area contributed by atoms with E-state index in [2.05, 4.69) is 20.5 Å². The van der Waals surface area contributed by atoms with E-state index >= 15 is 0 Å². The third kappa shape index (κ3) is 3.82. The third-order valence-electron chi connectivity index (χ3n) is 4.58. The lowest BCUT2D eigenvalue weighted by Gasteiger charge is -2.16. The summed E-state index contributed by atoms with van der Waals surface area (Å²) in [6, 6.07) is 9.46. The predicted molar refractivity (Wildman–Crippen MR) is 97.3 cm³/mol. The van der Waals surface area contributed by atoms with Crippen molar-refractivity contribution in [3.05, 3.63) is 47.7 Å². The number of anilines is 1. The molecule has 1 saturated heterocycles. The van der Waals surface area contributed by atoms with Gasteiger partial charge in [-0.15, -0.1) is 0 Å². The van der Waals surface area contributed by atoms with Crippen molar-refractivity contribution < 1.29 is 14.3 Å². The molecule has 0 radical (unpaired) electrons. The molecule has 7 heteroatoms. The number of aromatic nitrogens is 1. The van der Waals surface area contributed by atoms with Crippen molar-refractivity contribution in [2.75, 3.05) is 24.8 Å². The van der Waals surface area contributed by atoms with Crippen LogP contribution in [0.15, 0.2) is 36.5 Å². The average molecular weight is 354 g/mol. The normalized spacial score (nSPS) is 15.2. The number of amides is 2. The monoisotopic (exact) mass is 354 g/mol. The van der Waals surface area contributed by atoms with Crippen molar-refractivity contribution in [3.8, 4) is 11.5 Å². The first-order chi connectivity index (χ1) is 12.8. The van der Waals surface area contributed by atoms with Gasteiger partial charge >= 0.3 is 6.03 Å². The van der Waals surface area contributed by atoms with E-state index in [-0.39, 0.29) is 12.8 Å². The molecule has 4 rings (SSSR count). The van der Waals surface area contributed by atoms with Gasteiger partial charge in [0.05, 0.1) is 0 Å². The van der Waals surface area contributed by atoms with Crippen molar-refractivity contribution in [1.82, 2.24) is 15.6 Å². The van der Waals surface area contributed by atoms with Gasteiger partial charge in [-0.3, -0.25) is 0 Å². The van der Waals surface area contributed by atoms with E-state index in [1.807, 2.05) is 36.5 Å². The molecule has 0 saturated carbocycles. The highest BCUT2D eigenvalue weighted by molar-refractivity contribution is 5.73. The zero-order chi connectivity index (χ0) is 17.8. The third-order valence-corrected chi connectivity index (χ3v) is 4.58. The van der Waals surface area contributed by atoms with Crippen LogP contribution in [-0.2, 0) is 13.1 Å². The summed E-state index contributed by atoms with van der Waals surface area (Å²) in [6.07, 6.45) is 4.29. The fourth-order valence-corrected chi connectivity index (χ4v) is 3.13. The number of nitrogens with zero attached hydrogens (tertiary/aromatic N) is 2. The molecule has 0 spiro atoms. The van der Waals surface area contributed by atoms with Crippen LogP contribution in [0.4, 0.5) is 10.6 Å². The Kier molecular flexibility index (Phi) is 4.77. The molecule has 2 amide bonds. The van der Waals surface area contributed by atoms with E-state index < -0.39 is 0 Å².